The summed E-state index contributed by atoms with van der Waals surface area (Å²) in [6.07, 6.45) is 2.72. The Bertz CT molecular complexity index is 712. The normalized spacial score (nSPS) is 14.6. The summed E-state index contributed by atoms with van der Waals surface area (Å²) in [4.78, 5) is 38.6. The molecule has 2 N–H and O–H groups in total. The van der Waals surface area contributed by atoms with E-state index in [2.05, 4.69) is 10.6 Å². The van der Waals surface area contributed by atoms with E-state index in [4.69, 9.17) is 9.47 Å². The summed E-state index contributed by atoms with van der Waals surface area (Å²) in [5.41, 5.74) is 0.296. The second-order valence-electron chi connectivity index (χ2n) is 8.72. The number of alkyl carbamates (subject to hydrolysis) is 2. The van der Waals surface area contributed by atoms with Crippen LogP contribution in [-0.2, 0) is 20.9 Å². The average molecular weight is 434 g/mol. The van der Waals surface area contributed by atoms with Gasteiger partial charge in [0, 0.05) is 19.6 Å². The molecule has 0 saturated carbocycles. The van der Waals surface area contributed by atoms with Crippen molar-refractivity contribution in [1.29, 1.82) is 0 Å². The van der Waals surface area contributed by atoms with Gasteiger partial charge in [0.1, 0.15) is 18.2 Å². The van der Waals surface area contributed by atoms with Crippen molar-refractivity contribution in [3.8, 4) is 0 Å². The number of hydrogen-bond donors (Lipinski definition) is 2. The maximum Gasteiger partial charge on any atom is 0.408 e. The number of amides is 3. The Hall–Kier alpha value is -2.77. The van der Waals surface area contributed by atoms with Gasteiger partial charge in [-0.05, 0) is 58.4 Å². The molecule has 0 bridgehead atoms. The maximum absolute atomic E-state index is 12.8. The summed E-state index contributed by atoms with van der Waals surface area (Å²) in [6, 6.07) is 8.84. The minimum Gasteiger partial charge on any atom is -0.445 e. The zero-order chi connectivity index (χ0) is 22.7. The lowest BCUT2D eigenvalue weighted by atomic mass is 10.1. The van der Waals surface area contributed by atoms with Crippen molar-refractivity contribution in [2.75, 3.05) is 19.6 Å². The lowest BCUT2D eigenvalue weighted by molar-refractivity contribution is -0.132. The van der Waals surface area contributed by atoms with Crippen molar-refractivity contribution in [2.45, 2.75) is 71.1 Å². The molecule has 1 fully saturated rings. The minimum atomic E-state index is -0.630. The Labute approximate surface area is 184 Å². The van der Waals surface area contributed by atoms with Crippen LogP contribution in [0.4, 0.5) is 9.59 Å². The summed E-state index contributed by atoms with van der Waals surface area (Å²) in [6.45, 7) is 7.45. The van der Waals surface area contributed by atoms with Crippen LogP contribution in [0, 0.1) is 0 Å². The first-order chi connectivity index (χ1) is 14.7. The van der Waals surface area contributed by atoms with E-state index < -0.39 is 23.8 Å². The van der Waals surface area contributed by atoms with Crippen molar-refractivity contribution in [1.82, 2.24) is 15.5 Å². The Balaban J connectivity index is 1.72. The minimum absolute atomic E-state index is 0.0708. The largest absolute Gasteiger partial charge is 0.445 e. The van der Waals surface area contributed by atoms with Crippen molar-refractivity contribution >= 4 is 18.1 Å². The van der Waals surface area contributed by atoms with Crippen molar-refractivity contribution in [3.63, 3.8) is 0 Å². The van der Waals surface area contributed by atoms with Crippen molar-refractivity contribution < 1.29 is 23.9 Å². The van der Waals surface area contributed by atoms with E-state index in [0.717, 1.165) is 31.5 Å². The molecule has 0 spiro atoms. The average Bonchev–Trinajstić information content (AvgIpc) is 3.25. The Morgan fingerprint density at radius 2 is 1.71 bits per heavy atom. The fourth-order valence-corrected chi connectivity index (χ4v) is 3.30. The molecule has 0 aliphatic carbocycles. The first-order valence-electron chi connectivity index (χ1n) is 11.0. The highest BCUT2D eigenvalue weighted by molar-refractivity contribution is 5.85. The third-order valence-corrected chi connectivity index (χ3v) is 4.81. The third kappa shape index (κ3) is 9.72. The number of nitrogens with zero attached hydrogens (tertiary/aromatic N) is 1. The first kappa shape index (κ1) is 24.5. The zero-order valence-electron chi connectivity index (χ0n) is 18.8. The standard InChI is InChI=1S/C23H35N3O5/c1-23(2,3)31-22(29)25-19(20(27)26-15-9-10-16-26)13-7-8-14-24-21(28)30-17-18-11-5-4-6-12-18/h4-6,11-12,19H,7-10,13-17H2,1-3H3,(H,24,28)(H,25,29)/t19-/m0/s1. The van der Waals surface area contributed by atoms with Gasteiger partial charge in [-0.25, -0.2) is 9.59 Å². The van der Waals surface area contributed by atoms with E-state index in [1.807, 2.05) is 30.3 Å². The summed E-state index contributed by atoms with van der Waals surface area (Å²) >= 11 is 0. The van der Waals surface area contributed by atoms with E-state index in [-0.39, 0.29) is 12.5 Å². The quantitative estimate of drug-likeness (QED) is 0.580. The number of carbonyl (C=O) groups excluding carboxylic acids is 3. The SMILES string of the molecule is CC(C)(C)OC(=O)N[C@@H](CCCCNC(=O)OCc1ccccc1)C(=O)N1CCCC1. The molecule has 0 radical (unpaired) electrons. The monoisotopic (exact) mass is 433 g/mol. The van der Waals surface area contributed by atoms with Crippen LogP contribution in [-0.4, -0.2) is 54.3 Å². The molecule has 8 heteroatoms. The second kappa shape index (κ2) is 12.2. The van der Waals surface area contributed by atoms with Gasteiger partial charge >= 0.3 is 12.2 Å². The number of unbranched alkanes of at least 4 members (excludes halogenated alkanes) is 1. The van der Waals surface area contributed by atoms with Gasteiger partial charge in [-0.1, -0.05) is 30.3 Å². The fourth-order valence-electron chi connectivity index (χ4n) is 3.30. The van der Waals surface area contributed by atoms with Gasteiger partial charge in [0.2, 0.25) is 5.91 Å². The molecule has 1 atom stereocenters. The highest BCUT2D eigenvalue weighted by Gasteiger charge is 2.29. The predicted molar refractivity (Wildman–Crippen MR) is 117 cm³/mol. The molecule has 0 aromatic heterocycles. The summed E-state index contributed by atoms with van der Waals surface area (Å²) in [7, 11) is 0. The van der Waals surface area contributed by atoms with E-state index in [0.29, 0.717) is 25.8 Å². The van der Waals surface area contributed by atoms with E-state index in [1.165, 1.54) is 0 Å². The fraction of sp³-hybridized carbons (Fsp3) is 0.609. The first-order valence-corrected chi connectivity index (χ1v) is 11.0. The highest BCUT2D eigenvalue weighted by atomic mass is 16.6. The molecule has 1 aromatic rings. The number of rotatable bonds is 9. The number of benzene rings is 1. The Morgan fingerprint density at radius 3 is 2.35 bits per heavy atom. The molecule has 8 nitrogen and oxygen atoms in total. The molecule has 1 heterocycles. The summed E-state index contributed by atoms with van der Waals surface area (Å²) in [5, 5.41) is 5.44. The molecule has 1 aliphatic heterocycles. The topological polar surface area (TPSA) is 97.0 Å². The molecule has 3 amide bonds. The maximum atomic E-state index is 12.8. The molecule has 0 unspecified atom stereocenters. The van der Waals surface area contributed by atoms with Crippen LogP contribution >= 0.6 is 0 Å². The van der Waals surface area contributed by atoms with Crippen molar-refractivity contribution in [2.24, 2.45) is 0 Å². The Kier molecular flexibility index (Phi) is 9.62. The van der Waals surface area contributed by atoms with Crippen LogP contribution in [0.25, 0.3) is 0 Å². The highest BCUT2D eigenvalue weighted by Crippen LogP contribution is 2.14. The number of likely N-dealkylation sites (tertiary alicyclic amines) is 1. The number of carbonyl (C=O) groups is 3. The van der Waals surface area contributed by atoms with Crippen LogP contribution in [0.1, 0.15) is 58.4 Å². The van der Waals surface area contributed by atoms with E-state index in [9.17, 15) is 14.4 Å². The van der Waals surface area contributed by atoms with Crippen LogP contribution in [0.5, 0.6) is 0 Å². The zero-order valence-corrected chi connectivity index (χ0v) is 18.8. The molecular weight excluding hydrogens is 398 g/mol. The van der Waals surface area contributed by atoms with Crippen LogP contribution < -0.4 is 10.6 Å². The van der Waals surface area contributed by atoms with Crippen LogP contribution in [0.2, 0.25) is 0 Å². The Morgan fingerprint density at radius 1 is 1.03 bits per heavy atom. The van der Waals surface area contributed by atoms with Gasteiger partial charge in [0.05, 0.1) is 0 Å². The van der Waals surface area contributed by atoms with Gasteiger partial charge in [-0.2, -0.15) is 0 Å². The molecule has 1 aromatic carbocycles. The third-order valence-electron chi connectivity index (χ3n) is 4.81. The van der Waals surface area contributed by atoms with E-state index >= 15 is 0 Å². The smallest absolute Gasteiger partial charge is 0.408 e. The lowest BCUT2D eigenvalue weighted by Crippen LogP contribution is -2.49. The molecule has 172 valence electrons. The summed E-state index contributed by atoms with van der Waals surface area (Å²) in [5.74, 6) is -0.0708. The lowest BCUT2D eigenvalue weighted by Gasteiger charge is -2.26. The van der Waals surface area contributed by atoms with Crippen molar-refractivity contribution in [3.05, 3.63) is 35.9 Å². The molecule has 1 aliphatic rings. The van der Waals surface area contributed by atoms with Gasteiger partial charge in [-0.15, -0.1) is 0 Å². The number of nitrogens with one attached hydrogen (secondary N) is 2. The van der Waals surface area contributed by atoms with Gasteiger partial charge in [0.15, 0.2) is 0 Å². The van der Waals surface area contributed by atoms with E-state index in [1.54, 1.807) is 25.7 Å². The molecule has 2 rings (SSSR count). The number of hydrogen-bond acceptors (Lipinski definition) is 5. The predicted octanol–water partition coefficient (Wildman–Crippen LogP) is 3.60. The van der Waals surface area contributed by atoms with Gasteiger partial charge < -0.3 is 25.0 Å². The number of ether oxygens (including phenoxy) is 2. The van der Waals surface area contributed by atoms with Gasteiger partial charge in [-0.3, -0.25) is 4.79 Å². The summed E-state index contributed by atoms with van der Waals surface area (Å²) < 4.78 is 10.5. The molecular formula is C23H35N3O5. The molecule has 31 heavy (non-hydrogen) atoms. The molecule has 1 saturated heterocycles. The van der Waals surface area contributed by atoms with Gasteiger partial charge in [0.25, 0.3) is 0 Å². The van der Waals surface area contributed by atoms with Crippen LogP contribution in [0.15, 0.2) is 30.3 Å². The second-order valence-corrected chi connectivity index (χ2v) is 8.72. The van der Waals surface area contributed by atoms with Crippen LogP contribution in [0.3, 0.4) is 0 Å².